The Morgan fingerprint density at radius 3 is 3.15 bits per heavy atom. The normalized spacial score (nSPS) is 10.3. The van der Waals surface area contributed by atoms with E-state index in [0.29, 0.717) is 6.54 Å². The van der Waals surface area contributed by atoms with E-state index in [4.69, 9.17) is 10.5 Å². The predicted octanol–water partition coefficient (Wildman–Crippen LogP) is 1.05. The van der Waals surface area contributed by atoms with Gasteiger partial charge in [0.25, 0.3) is 0 Å². The molecular weight excluding hydrogens is 186 g/mol. The molecule has 1 aromatic rings. The molecule has 1 aromatic heterocycles. The Kier molecular flexibility index (Phi) is 4.74. The molecule has 4 nitrogen and oxygen atoms in total. The van der Waals surface area contributed by atoms with Gasteiger partial charge < -0.3 is 15.8 Å². The molecule has 1 heterocycles. The van der Waals surface area contributed by atoms with E-state index >= 15 is 0 Å². The van der Waals surface area contributed by atoms with Gasteiger partial charge in [-0.25, -0.2) is 4.98 Å². The van der Waals surface area contributed by atoms with E-state index in [-0.39, 0.29) is 0 Å². The number of anilines is 1. The number of thiazole rings is 1. The van der Waals surface area contributed by atoms with E-state index in [0.717, 1.165) is 29.6 Å². The summed E-state index contributed by atoms with van der Waals surface area (Å²) >= 11 is 1.60. The summed E-state index contributed by atoms with van der Waals surface area (Å²) in [4.78, 5) is 5.28. The summed E-state index contributed by atoms with van der Waals surface area (Å²) in [5.41, 5.74) is 5.46. The molecule has 74 valence electrons. The summed E-state index contributed by atoms with van der Waals surface area (Å²) in [7, 11) is 1.70. The van der Waals surface area contributed by atoms with E-state index in [9.17, 15) is 0 Å². The van der Waals surface area contributed by atoms with Crippen LogP contribution in [0.25, 0.3) is 0 Å². The van der Waals surface area contributed by atoms with E-state index in [1.807, 2.05) is 6.20 Å². The summed E-state index contributed by atoms with van der Waals surface area (Å²) in [6.07, 6.45) is 2.80. The number of ether oxygens (including phenoxy) is 1. The lowest BCUT2D eigenvalue weighted by Crippen LogP contribution is -2.03. The number of hydrogen-bond acceptors (Lipinski definition) is 5. The van der Waals surface area contributed by atoms with Gasteiger partial charge in [0.15, 0.2) is 5.13 Å². The summed E-state index contributed by atoms with van der Waals surface area (Å²) in [6.45, 7) is 2.24. The quantitative estimate of drug-likeness (QED) is 0.675. The highest BCUT2D eigenvalue weighted by Gasteiger charge is 1.98. The van der Waals surface area contributed by atoms with Crippen molar-refractivity contribution in [2.24, 2.45) is 5.73 Å². The predicted molar refractivity (Wildman–Crippen MR) is 55.0 cm³/mol. The third-order valence-corrected chi connectivity index (χ3v) is 2.53. The molecule has 3 N–H and O–H groups in total. The van der Waals surface area contributed by atoms with Crippen molar-refractivity contribution in [3.8, 4) is 0 Å². The van der Waals surface area contributed by atoms with Crippen LogP contribution in [-0.2, 0) is 11.3 Å². The smallest absolute Gasteiger partial charge is 0.182 e. The zero-order valence-corrected chi connectivity index (χ0v) is 8.56. The number of nitrogens with one attached hydrogen (secondary N) is 1. The molecule has 0 aliphatic carbocycles. The monoisotopic (exact) mass is 201 g/mol. The Morgan fingerprint density at radius 2 is 2.54 bits per heavy atom. The van der Waals surface area contributed by atoms with Gasteiger partial charge >= 0.3 is 0 Å². The minimum absolute atomic E-state index is 0.567. The Hall–Kier alpha value is -0.650. The molecule has 0 spiro atoms. The summed E-state index contributed by atoms with van der Waals surface area (Å²) in [5, 5.41) is 4.15. The molecule has 5 heteroatoms. The highest BCUT2D eigenvalue weighted by molar-refractivity contribution is 7.15. The largest absolute Gasteiger partial charge is 0.385 e. The van der Waals surface area contributed by atoms with Crippen LogP contribution in [0, 0.1) is 0 Å². The van der Waals surface area contributed by atoms with E-state index in [1.165, 1.54) is 0 Å². The van der Waals surface area contributed by atoms with Gasteiger partial charge in [-0.15, -0.1) is 11.3 Å². The molecule has 0 fully saturated rings. The fourth-order valence-electron chi connectivity index (χ4n) is 0.895. The molecule has 0 radical (unpaired) electrons. The van der Waals surface area contributed by atoms with Gasteiger partial charge in [0.1, 0.15) is 0 Å². The molecule has 0 aromatic carbocycles. The molecule has 0 aliphatic rings. The van der Waals surface area contributed by atoms with Gasteiger partial charge in [-0.05, 0) is 6.42 Å². The lowest BCUT2D eigenvalue weighted by molar-refractivity contribution is 0.198. The molecule has 0 atom stereocenters. The second-order valence-corrected chi connectivity index (χ2v) is 3.72. The van der Waals surface area contributed by atoms with Crippen molar-refractivity contribution in [2.45, 2.75) is 13.0 Å². The number of nitrogens with zero attached hydrogens (tertiary/aromatic N) is 1. The fourth-order valence-corrected chi connectivity index (χ4v) is 1.61. The lowest BCUT2D eigenvalue weighted by atomic mass is 10.4. The minimum Gasteiger partial charge on any atom is -0.385 e. The number of rotatable bonds is 6. The molecule has 0 unspecified atom stereocenters. The number of aromatic nitrogens is 1. The topological polar surface area (TPSA) is 60.2 Å². The maximum absolute atomic E-state index is 5.46. The first kappa shape index (κ1) is 10.4. The van der Waals surface area contributed by atoms with Crippen molar-refractivity contribution in [1.29, 1.82) is 0 Å². The SMILES string of the molecule is COCCCNc1ncc(CN)s1. The van der Waals surface area contributed by atoms with Crippen molar-refractivity contribution in [3.63, 3.8) is 0 Å². The maximum atomic E-state index is 5.46. The molecule has 13 heavy (non-hydrogen) atoms. The van der Waals surface area contributed by atoms with Crippen LogP contribution in [0.15, 0.2) is 6.20 Å². The van der Waals surface area contributed by atoms with Gasteiger partial charge in [-0.2, -0.15) is 0 Å². The van der Waals surface area contributed by atoms with Crippen molar-refractivity contribution in [1.82, 2.24) is 4.98 Å². The standard InChI is InChI=1S/C8H15N3OS/c1-12-4-2-3-10-8-11-6-7(5-9)13-8/h6H,2-5,9H2,1H3,(H,10,11). The third kappa shape index (κ3) is 3.71. The van der Waals surface area contributed by atoms with Crippen LogP contribution < -0.4 is 11.1 Å². The Morgan fingerprint density at radius 1 is 1.69 bits per heavy atom. The highest BCUT2D eigenvalue weighted by Crippen LogP contribution is 2.16. The third-order valence-electron chi connectivity index (χ3n) is 1.56. The zero-order chi connectivity index (χ0) is 9.52. The second kappa shape index (κ2) is 5.90. The van der Waals surface area contributed by atoms with E-state index in [2.05, 4.69) is 10.3 Å². The van der Waals surface area contributed by atoms with Crippen molar-refractivity contribution >= 4 is 16.5 Å². The van der Waals surface area contributed by atoms with E-state index < -0.39 is 0 Å². The molecule has 0 saturated heterocycles. The van der Waals surface area contributed by atoms with Crippen LogP contribution in [-0.4, -0.2) is 25.2 Å². The molecule has 1 rings (SSSR count). The van der Waals surface area contributed by atoms with Gasteiger partial charge in [-0.1, -0.05) is 0 Å². The average Bonchev–Trinajstić information content (AvgIpc) is 2.60. The molecule has 0 bridgehead atoms. The summed E-state index contributed by atoms with van der Waals surface area (Å²) in [5.74, 6) is 0. The van der Waals surface area contributed by atoms with Crippen LogP contribution in [0.4, 0.5) is 5.13 Å². The first-order valence-electron chi connectivity index (χ1n) is 4.24. The Labute approximate surface area is 82.1 Å². The van der Waals surface area contributed by atoms with Crippen molar-refractivity contribution < 1.29 is 4.74 Å². The molecule has 0 amide bonds. The van der Waals surface area contributed by atoms with Crippen molar-refractivity contribution in [2.75, 3.05) is 25.6 Å². The molecule has 0 saturated carbocycles. The lowest BCUT2D eigenvalue weighted by Gasteiger charge is -2.00. The van der Waals surface area contributed by atoms with Crippen LogP contribution >= 0.6 is 11.3 Å². The first-order valence-corrected chi connectivity index (χ1v) is 5.06. The minimum atomic E-state index is 0.567. The van der Waals surface area contributed by atoms with Gasteiger partial charge in [0, 0.05) is 37.9 Å². The van der Waals surface area contributed by atoms with E-state index in [1.54, 1.807) is 18.4 Å². The fraction of sp³-hybridized carbons (Fsp3) is 0.625. The van der Waals surface area contributed by atoms with Crippen molar-refractivity contribution in [3.05, 3.63) is 11.1 Å². The first-order chi connectivity index (χ1) is 6.36. The summed E-state index contributed by atoms with van der Waals surface area (Å²) in [6, 6.07) is 0. The summed E-state index contributed by atoms with van der Waals surface area (Å²) < 4.78 is 4.93. The molecule has 0 aliphatic heterocycles. The highest BCUT2D eigenvalue weighted by atomic mass is 32.1. The molecular formula is C8H15N3OS. The van der Waals surface area contributed by atoms with Gasteiger partial charge in [0.2, 0.25) is 0 Å². The zero-order valence-electron chi connectivity index (χ0n) is 7.75. The van der Waals surface area contributed by atoms with Crippen LogP contribution in [0.1, 0.15) is 11.3 Å². The number of hydrogen-bond donors (Lipinski definition) is 2. The van der Waals surface area contributed by atoms with Crippen LogP contribution in [0.2, 0.25) is 0 Å². The average molecular weight is 201 g/mol. The Bertz CT molecular complexity index is 239. The van der Waals surface area contributed by atoms with Crippen LogP contribution in [0.3, 0.4) is 0 Å². The second-order valence-electron chi connectivity index (χ2n) is 2.61. The van der Waals surface area contributed by atoms with Crippen LogP contribution in [0.5, 0.6) is 0 Å². The van der Waals surface area contributed by atoms with Gasteiger partial charge in [-0.3, -0.25) is 0 Å². The van der Waals surface area contributed by atoms with Gasteiger partial charge in [0.05, 0.1) is 0 Å². The maximum Gasteiger partial charge on any atom is 0.182 e. The number of nitrogens with two attached hydrogens (primary N) is 1. The number of methoxy groups -OCH3 is 1. The Balaban J connectivity index is 2.20.